The van der Waals surface area contributed by atoms with Crippen LogP contribution in [0, 0.1) is 0 Å². The van der Waals surface area contributed by atoms with Gasteiger partial charge in [0.2, 0.25) is 77.2 Å². The Hall–Kier alpha value is -14.9. The number of hydrogen-bond acceptors (Lipinski definition) is 47. The van der Waals surface area contributed by atoms with Gasteiger partial charge in [-0.05, 0) is 59.9 Å². The molecule has 0 radical (unpaired) electrons. The van der Waals surface area contributed by atoms with E-state index >= 15 is 0 Å². The van der Waals surface area contributed by atoms with Crippen molar-refractivity contribution in [1.29, 1.82) is 0 Å². The standard InChI is InChI=1S/C22H32N8O4.C22H25N7O2.C19H26N8O3.C16H23N7O.C15H21N7O2/c1-22(2,3)34-21(31)30-6-4-14(5-7-30)33-17-12-16(15-13-25-19(24)28-18(15)23)26-20(27-17)29-8-10-32-11-9-29;23-21-24-13-17(14-25-21)18-12-20(27-22(26-18)28-6-9-30-10-7-28)29-8-11-31-19(15-29)16-4-2-1-3-5-16;1-12(28)27-4-2-3-13(11-27)30-16-9-15(14-10-22-18(21)25-17(14)20)23-19(24-16)26-5-7-29-8-6-26;1-16(2,3)22-13-8-12(11-9-18-14(17)19-10-11)20-15(21-13)23-4-6-24-7-5-23;1-23-5-2-17-13-8-12(11-9-18-14(16)19-10-11)20-15(21-13)22-3-6-24-7-4-22/h12-14H,4-11H2,1-3H3,(H4,23,24,25,28);1-5,12-14,19H,6-11,15H2,(H2,23,24,25);9-10,13H,2-8,11H2,1H3,(H4,20,21,22,25);8-10H,4-7H2,1-3H3,(H2,17,18,19)(H,20,21,22);8-10H,2-7H2,1H3,(H2,16,18,19)(H,17,20,21)/t;;13-;;/m..1../s1. The number of amides is 2. The largest absolute Gasteiger partial charge is 0.474 e. The molecule has 1 unspecified atom stereocenters. The fourth-order valence-electron chi connectivity index (χ4n) is 16.0. The van der Waals surface area contributed by atoms with Gasteiger partial charge in [0, 0.05) is 234 Å². The van der Waals surface area contributed by atoms with Gasteiger partial charge in [0.25, 0.3) is 0 Å². The van der Waals surface area contributed by atoms with E-state index in [1.54, 1.807) is 85.5 Å². The lowest BCUT2D eigenvalue weighted by molar-refractivity contribution is -0.131. The third kappa shape index (κ3) is 29.8. The van der Waals surface area contributed by atoms with Crippen molar-refractivity contribution in [3.05, 3.63) is 116 Å². The predicted molar refractivity (Wildman–Crippen MR) is 540 cm³/mol. The number of carbonyl (C=O) groups excluding carboxylic acids is 2. The maximum absolute atomic E-state index is 12.3. The summed E-state index contributed by atoms with van der Waals surface area (Å²) in [6.07, 6.45) is 15.7. The first-order valence-corrected chi connectivity index (χ1v) is 47.7. The number of nitrogen functional groups attached to an aromatic ring is 7. The number of rotatable bonds is 21. The lowest BCUT2D eigenvalue weighted by Gasteiger charge is -2.35. The molecule has 2 atom stereocenters. The number of anilines is 15. The number of nitrogens with one attached hydrogen (secondary N) is 2. The summed E-state index contributed by atoms with van der Waals surface area (Å²) in [6, 6.07) is 19.5. The number of hydrogen-bond donors (Lipinski definition) is 9. The molecule has 0 bridgehead atoms. The Bertz CT molecular complexity index is 5950. The van der Waals surface area contributed by atoms with Gasteiger partial charge in [-0.2, -0.15) is 34.9 Å². The number of nitrogens with two attached hydrogens (primary N) is 7. The Morgan fingerprint density at radius 1 is 0.406 bits per heavy atom. The van der Waals surface area contributed by atoms with Crippen molar-refractivity contribution in [2.75, 3.05) is 278 Å². The van der Waals surface area contributed by atoms with Crippen LogP contribution in [-0.4, -0.2) is 342 Å². The Kier molecular flexibility index (Phi) is 35.1. The fourth-order valence-corrected chi connectivity index (χ4v) is 16.0. The number of morpholine rings is 6. The van der Waals surface area contributed by atoms with Crippen LogP contribution in [0.5, 0.6) is 11.8 Å². The topological polar surface area (TPSA) is 616 Å². The fraction of sp³-hybridized carbons (Fsp3) is 0.489. The van der Waals surface area contributed by atoms with Crippen molar-refractivity contribution in [3.63, 3.8) is 0 Å². The van der Waals surface area contributed by atoms with Crippen molar-refractivity contribution >= 4 is 101 Å². The lowest BCUT2D eigenvalue weighted by atomic mass is 10.1. The summed E-state index contributed by atoms with van der Waals surface area (Å²) < 4.78 is 56.2. The zero-order chi connectivity index (χ0) is 100. The van der Waals surface area contributed by atoms with E-state index in [1.807, 2.05) is 67.0 Å². The maximum Gasteiger partial charge on any atom is 0.410 e. The van der Waals surface area contributed by atoms with Gasteiger partial charge >= 0.3 is 6.09 Å². The van der Waals surface area contributed by atoms with Crippen LogP contribution in [-0.2, 0) is 42.7 Å². The molecular formula is C94H127N37O12. The van der Waals surface area contributed by atoms with Gasteiger partial charge in [-0.3, -0.25) is 4.79 Å². The van der Waals surface area contributed by atoms with E-state index in [0.717, 1.165) is 123 Å². The summed E-state index contributed by atoms with van der Waals surface area (Å²) in [5.74, 6) is 7.74. The van der Waals surface area contributed by atoms with E-state index < -0.39 is 5.60 Å². The van der Waals surface area contributed by atoms with Gasteiger partial charge in [-0.1, -0.05) is 30.3 Å². The van der Waals surface area contributed by atoms with Crippen molar-refractivity contribution in [3.8, 4) is 68.0 Å². The number of methoxy groups -OCH3 is 1. The third-order valence-electron chi connectivity index (χ3n) is 23.3. The van der Waals surface area contributed by atoms with Crippen LogP contribution in [0.3, 0.4) is 0 Å². The minimum absolute atomic E-state index is 0.0000546. The number of carbonyl (C=O) groups is 2. The number of likely N-dealkylation sites (tertiary alicyclic amines) is 2. The lowest BCUT2D eigenvalue weighted by Crippen LogP contribution is -2.44. The number of ether oxygens (including phenoxy) is 10. The second kappa shape index (κ2) is 49.0. The summed E-state index contributed by atoms with van der Waals surface area (Å²) in [5.41, 5.74) is 47.7. The highest BCUT2D eigenvalue weighted by molar-refractivity contribution is 5.75. The molecule has 19 rings (SSSR count). The summed E-state index contributed by atoms with van der Waals surface area (Å²) in [6.45, 7) is 32.9. The normalized spacial score (nSPS) is 17.5. The third-order valence-corrected chi connectivity index (χ3v) is 23.3. The van der Waals surface area contributed by atoms with Crippen molar-refractivity contribution < 1.29 is 57.0 Å². The summed E-state index contributed by atoms with van der Waals surface area (Å²) in [5, 5.41) is 6.65. The first kappa shape index (κ1) is 102. The molecule has 49 heteroatoms. The molecule has 760 valence electrons. The van der Waals surface area contributed by atoms with Crippen LogP contribution in [0.2, 0.25) is 0 Å². The Labute approximate surface area is 828 Å². The zero-order valence-electron chi connectivity index (χ0n) is 81.9. The smallest absolute Gasteiger partial charge is 0.410 e. The van der Waals surface area contributed by atoms with E-state index in [4.69, 9.17) is 97.5 Å². The van der Waals surface area contributed by atoms with Gasteiger partial charge in [0.15, 0.2) is 0 Å². The molecule has 11 aromatic rings. The monoisotopic (exact) mass is 1970 g/mol. The Morgan fingerprint density at radius 3 is 1.23 bits per heavy atom. The van der Waals surface area contributed by atoms with Crippen LogP contribution < -0.4 is 89.6 Å². The maximum atomic E-state index is 12.3. The molecule has 2 amide bonds. The average molecular weight is 1970 g/mol. The summed E-state index contributed by atoms with van der Waals surface area (Å²) >= 11 is 0. The van der Waals surface area contributed by atoms with Crippen LogP contribution in [0.4, 0.5) is 93.4 Å². The number of aromatic nitrogens is 20. The molecule has 0 spiro atoms. The SMILES string of the molecule is CC(=O)N1CCC[C@@H](Oc2cc(-c3cnc(N)nc3N)nc(N3CCOCC3)n2)C1.CC(C)(C)Nc1cc(-c2cnc(N)nc2)nc(N2CCOCC2)n1.CC(C)(C)OC(=O)N1CCC(Oc2cc(-c3cnc(N)nc3N)nc(N3CCOCC3)n2)CC1.COCCNc1cc(-c2cnc(N)nc2)nc(N2CCOCC2)n1.Nc1ncc(-c2cc(N3CCOC(c4ccccc4)C3)nc(N3CCOCC3)n2)cn1. The second-order valence-electron chi connectivity index (χ2n) is 36.3. The molecule has 143 heavy (non-hydrogen) atoms. The van der Waals surface area contributed by atoms with Crippen LogP contribution >= 0.6 is 0 Å². The van der Waals surface area contributed by atoms with Gasteiger partial charge in [0.1, 0.15) is 53.0 Å². The van der Waals surface area contributed by atoms with Gasteiger partial charge in [0.05, 0.1) is 125 Å². The molecule has 8 aliphatic rings. The van der Waals surface area contributed by atoms with Crippen LogP contribution in [0.1, 0.15) is 85.8 Å². The molecule has 1 aromatic carbocycles. The van der Waals surface area contributed by atoms with Gasteiger partial charge in [-0.15, -0.1) is 0 Å². The highest BCUT2D eigenvalue weighted by Gasteiger charge is 2.33. The molecule has 8 fully saturated rings. The minimum Gasteiger partial charge on any atom is -0.474 e. The molecule has 16 N–H and O–H groups in total. The summed E-state index contributed by atoms with van der Waals surface area (Å²) in [7, 11) is 1.66. The number of piperidine rings is 2. The Balaban J connectivity index is 0.000000136. The first-order chi connectivity index (χ1) is 69.1. The van der Waals surface area contributed by atoms with Gasteiger partial charge in [-0.25, -0.2) is 69.6 Å². The molecule has 0 aliphatic carbocycles. The number of nitrogens with zero attached hydrogens (tertiary/aromatic N) is 28. The van der Waals surface area contributed by atoms with E-state index in [-0.39, 0.29) is 77.2 Å². The van der Waals surface area contributed by atoms with Gasteiger partial charge < -0.3 is 137 Å². The Morgan fingerprint density at radius 2 is 0.804 bits per heavy atom. The molecule has 8 saturated heterocycles. The summed E-state index contributed by atoms with van der Waals surface area (Å²) in [4.78, 5) is 128. The van der Waals surface area contributed by atoms with E-state index in [1.165, 1.54) is 5.56 Å². The molecule has 8 aliphatic heterocycles. The minimum atomic E-state index is -0.522. The molecule has 49 nitrogen and oxygen atoms in total. The van der Waals surface area contributed by atoms with Crippen molar-refractivity contribution in [2.45, 2.75) is 104 Å². The first-order valence-electron chi connectivity index (χ1n) is 47.7. The highest BCUT2D eigenvalue weighted by atomic mass is 16.6. The zero-order valence-corrected chi connectivity index (χ0v) is 81.9. The molecule has 10 aromatic heterocycles. The van der Waals surface area contributed by atoms with E-state index in [2.05, 4.69) is 153 Å². The predicted octanol–water partition coefficient (Wildman–Crippen LogP) is 5.94. The van der Waals surface area contributed by atoms with E-state index in [0.29, 0.717) is 208 Å². The molecular weight excluding hydrogens is 1840 g/mol. The quantitative estimate of drug-likeness (QED) is 0.0376. The van der Waals surface area contributed by atoms with Crippen LogP contribution in [0.25, 0.3) is 56.3 Å². The average Bonchev–Trinajstić information content (AvgIpc) is 0.804. The molecule has 18 heterocycles. The highest BCUT2D eigenvalue weighted by Crippen LogP contribution is 2.36. The second-order valence-corrected chi connectivity index (χ2v) is 36.3. The number of benzene rings is 1. The van der Waals surface area contributed by atoms with Crippen molar-refractivity contribution in [1.82, 2.24) is 109 Å². The van der Waals surface area contributed by atoms with Crippen molar-refractivity contribution in [2.24, 2.45) is 0 Å². The van der Waals surface area contributed by atoms with E-state index in [9.17, 15) is 9.59 Å². The van der Waals surface area contributed by atoms with Crippen LogP contribution in [0.15, 0.2) is 110 Å². The molecule has 0 saturated carbocycles.